The molecule has 0 amide bonds. The molecule has 0 aliphatic heterocycles. The van der Waals surface area contributed by atoms with Crippen molar-refractivity contribution in [3.8, 4) is 5.75 Å². The molecule has 2 aromatic rings. The first-order chi connectivity index (χ1) is 9.04. The molecule has 2 heteroatoms. The van der Waals surface area contributed by atoms with E-state index >= 15 is 0 Å². The van der Waals surface area contributed by atoms with Crippen LogP contribution in [-0.4, -0.2) is 11.7 Å². The topological polar surface area (TPSA) is 29.5 Å². The van der Waals surface area contributed by atoms with Crippen molar-refractivity contribution in [2.45, 2.75) is 26.9 Å². The van der Waals surface area contributed by atoms with Crippen molar-refractivity contribution in [2.75, 3.05) is 6.61 Å². The lowest BCUT2D eigenvalue weighted by Gasteiger charge is -2.14. The second-order valence-electron chi connectivity index (χ2n) is 5.06. The quantitative estimate of drug-likeness (QED) is 0.903. The van der Waals surface area contributed by atoms with E-state index in [9.17, 15) is 5.11 Å². The molecule has 0 heterocycles. The lowest BCUT2D eigenvalue weighted by Crippen LogP contribution is -2.10. The van der Waals surface area contributed by atoms with Crippen LogP contribution < -0.4 is 4.74 Å². The van der Waals surface area contributed by atoms with Gasteiger partial charge in [0.25, 0.3) is 0 Å². The largest absolute Gasteiger partial charge is 0.491 e. The fourth-order valence-electron chi connectivity index (χ4n) is 2.11. The van der Waals surface area contributed by atoms with Gasteiger partial charge in [-0.2, -0.15) is 0 Å². The van der Waals surface area contributed by atoms with E-state index in [1.54, 1.807) is 0 Å². The third-order valence-electron chi connectivity index (χ3n) is 3.06. The normalized spacial score (nSPS) is 12.2. The van der Waals surface area contributed by atoms with E-state index in [1.807, 2.05) is 57.2 Å². The predicted molar refractivity (Wildman–Crippen MR) is 77.5 cm³/mol. The summed E-state index contributed by atoms with van der Waals surface area (Å²) in [7, 11) is 0. The standard InChI is InChI=1S/C17H20O2/c1-12-4-6-16(7-5-12)19-11-17(18)15-9-13(2)8-14(3)10-15/h4-10,17-18H,11H2,1-3H3. The molecule has 1 atom stereocenters. The molecule has 2 nitrogen and oxygen atoms in total. The summed E-state index contributed by atoms with van der Waals surface area (Å²) in [6.45, 7) is 6.37. The molecule has 0 aliphatic rings. The maximum absolute atomic E-state index is 10.2. The Morgan fingerprint density at radius 2 is 1.47 bits per heavy atom. The number of hydrogen-bond donors (Lipinski definition) is 1. The molecular formula is C17H20O2. The third-order valence-corrected chi connectivity index (χ3v) is 3.06. The molecule has 1 N–H and O–H groups in total. The van der Waals surface area contributed by atoms with Crippen LogP contribution in [-0.2, 0) is 0 Å². The summed E-state index contributed by atoms with van der Waals surface area (Å²) in [6, 6.07) is 13.9. The fraction of sp³-hybridized carbons (Fsp3) is 0.294. The van der Waals surface area contributed by atoms with E-state index < -0.39 is 6.10 Å². The monoisotopic (exact) mass is 256 g/mol. The van der Waals surface area contributed by atoms with E-state index in [1.165, 1.54) is 5.56 Å². The summed E-state index contributed by atoms with van der Waals surface area (Å²) >= 11 is 0. The summed E-state index contributed by atoms with van der Waals surface area (Å²) in [5.74, 6) is 0.786. The highest BCUT2D eigenvalue weighted by Crippen LogP contribution is 2.19. The van der Waals surface area contributed by atoms with Crippen LogP contribution in [0.25, 0.3) is 0 Å². The molecule has 2 rings (SSSR count). The van der Waals surface area contributed by atoms with Crippen LogP contribution in [0.15, 0.2) is 42.5 Å². The van der Waals surface area contributed by atoms with Crippen LogP contribution in [0.4, 0.5) is 0 Å². The van der Waals surface area contributed by atoms with Crippen molar-refractivity contribution in [1.29, 1.82) is 0 Å². The van der Waals surface area contributed by atoms with Gasteiger partial charge in [-0.15, -0.1) is 0 Å². The van der Waals surface area contributed by atoms with Crippen molar-refractivity contribution < 1.29 is 9.84 Å². The SMILES string of the molecule is Cc1ccc(OCC(O)c2cc(C)cc(C)c2)cc1. The number of ether oxygens (including phenoxy) is 1. The summed E-state index contributed by atoms with van der Waals surface area (Å²) in [5, 5.41) is 10.2. The highest BCUT2D eigenvalue weighted by Gasteiger charge is 2.09. The average molecular weight is 256 g/mol. The number of aryl methyl sites for hydroxylation is 3. The van der Waals surface area contributed by atoms with Crippen molar-refractivity contribution >= 4 is 0 Å². The molecule has 2 aromatic carbocycles. The predicted octanol–water partition coefficient (Wildman–Crippen LogP) is 3.72. The van der Waals surface area contributed by atoms with Gasteiger partial charge in [-0.05, 0) is 38.5 Å². The first kappa shape index (κ1) is 13.6. The summed E-state index contributed by atoms with van der Waals surface area (Å²) in [4.78, 5) is 0. The van der Waals surface area contributed by atoms with Crippen molar-refractivity contribution in [2.24, 2.45) is 0 Å². The van der Waals surface area contributed by atoms with Gasteiger partial charge in [0, 0.05) is 0 Å². The van der Waals surface area contributed by atoms with Gasteiger partial charge in [0.05, 0.1) is 0 Å². The molecular weight excluding hydrogens is 236 g/mol. The third kappa shape index (κ3) is 3.83. The lowest BCUT2D eigenvalue weighted by molar-refractivity contribution is 0.108. The first-order valence-corrected chi connectivity index (χ1v) is 6.50. The van der Waals surface area contributed by atoms with Crippen molar-refractivity contribution in [1.82, 2.24) is 0 Å². The minimum atomic E-state index is -0.597. The van der Waals surface area contributed by atoms with Crippen LogP contribution in [0.5, 0.6) is 5.75 Å². The Morgan fingerprint density at radius 3 is 2.05 bits per heavy atom. The van der Waals surface area contributed by atoms with Crippen LogP contribution >= 0.6 is 0 Å². The molecule has 1 unspecified atom stereocenters. The van der Waals surface area contributed by atoms with E-state index in [0.717, 1.165) is 22.4 Å². The Kier molecular flexibility index (Phi) is 4.23. The summed E-state index contributed by atoms with van der Waals surface area (Å²) < 4.78 is 5.61. The highest BCUT2D eigenvalue weighted by molar-refractivity contribution is 5.30. The van der Waals surface area contributed by atoms with Gasteiger partial charge in [0.1, 0.15) is 18.5 Å². The second kappa shape index (κ2) is 5.89. The van der Waals surface area contributed by atoms with Gasteiger partial charge in [-0.1, -0.05) is 47.0 Å². The van der Waals surface area contributed by atoms with E-state index in [-0.39, 0.29) is 6.61 Å². The summed E-state index contributed by atoms with van der Waals surface area (Å²) in [5.41, 5.74) is 4.42. The van der Waals surface area contributed by atoms with Crippen LogP contribution in [0.2, 0.25) is 0 Å². The van der Waals surface area contributed by atoms with Gasteiger partial charge < -0.3 is 9.84 Å². The van der Waals surface area contributed by atoms with Crippen LogP contribution in [0.1, 0.15) is 28.4 Å². The zero-order valence-electron chi connectivity index (χ0n) is 11.7. The molecule has 0 saturated carbocycles. The maximum Gasteiger partial charge on any atom is 0.119 e. The maximum atomic E-state index is 10.2. The zero-order chi connectivity index (χ0) is 13.8. The molecule has 0 spiro atoms. The molecule has 0 bridgehead atoms. The summed E-state index contributed by atoms with van der Waals surface area (Å²) in [6.07, 6.45) is -0.597. The van der Waals surface area contributed by atoms with Crippen molar-refractivity contribution in [3.05, 3.63) is 64.7 Å². The van der Waals surface area contributed by atoms with Crippen LogP contribution in [0, 0.1) is 20.8 Å². The fourth-order valence-corrected chi connectivity index (χ4v) is 2.11. The van der Waals surface area contributed by atoms with E-state index in [4.69, 9.17) is 4.74 Å². The van der Waals surface area contributed by atoms with Crippen LogP contribution in [0.3, 0.4) is 0 Å². The van der Waals surface area contributed by atoms with E-state index in [2.05, 4.69) is 6.07 Å². The first-order valence-electron chi connectivity index (χ1n) is 6.50. The molecule has 0 radical (unpaired) electrons. The molecule has 0 aromatic heterocycles. The second-order valence-corrected chi connectivity index (χ2v) is 5.06. The smallest absolute Gasteiger partial charge is 0.119 e. The Morgan fingerprint density at radius 1 is 0.895 bits per heavy atom. The molecule has 19 heavy (non-hydrogen) atoms. The Bertz CT molecular complexity index is 523. The van der Waals surface area contributed by atoms with E-state index in [0.29, 0.717) is 0 Å². The Hall–Kier alpha value is -1.80. The number of aliphatic hydroxyl groups excluding tert-OH is 1. The van der Waals surface area contributed by atoms with Gasteiger partial charge >= 0.3 is 0 Å². The highest BCUT2D eigenvalue weighted by atomic mass is 16.5. The number of aliphatic hydroxyl groups is 1. The molecule has 100 valence electrons. The molecule has 0 fully saturated rings. The van der Waals surface area contributed by atoms with Gasteiger partial charge in [-0.25, -0.2) is 0 Å². The van der Waals surface area contributed by atoms with Crippen molar-refractivity contribution in [3.63, 3.8) is 0 Å². The van der Waals surface area contributed by atoms with Gasteiger partial charge in [0.2, 0.25) is 0 Å². The minimum Gasteiger partial charge on any atom is -0.491 e. The minimum absolute atomic E-state index is 0.270. The Balaban J connectivity index is 2.00. The zero-order valence-corrected chi connectivity index (χ0v) is 11.7. The number of hydrogen-bond acceptors (Lipinski definition) is 2. The lowest BCUT2D eigenvalue weighted by atomic mass is 10.0. The average Bonchev–Trinajstić information content (AvgIpc) is 2.36. The number of rotatable bonds is 4. The van der Waals surface area contributed by atoms with Gasteiger partial charge in [0.15, 0.2) is 0 Å². The Labute approximate surface area is 114 Å². The van der Waals surface area contributed by atoms with Gasteiger partial charge in [-0.3, -0.25) is 0 Å². The molecule has 0 saturated heterocycles. The number of benzene rings is 2. The molecule has 0 aliphatic carbocycles.